The third-order valence-corrected chi connectivity index (χ3v) is 5.86. The molecule has 0 spiro atoms. The normalized spacial score (nSPS) is 20.6. The Balaban J connectivity index is 1.34. The van der Waals surface area contributed by atoms with Gasteiger partial charge >= 0.3 is 0 Å². The van der Waals surface area contributed by atoms with Crippen LogP contribution in [0.2, 0.25) is 0 Å². The van der Waals surface area contributed by atoms with E-state index in [0.29, 0.717) is 6.54 Å². The minimum absolute atomic E-state index is 0.236. The highest BCUT2D eigenvalue weighted by molar-refractivity contribution is 5.80. The van der Waals surface area contributed by atoms with Crippen LogP contribution in [0.1, 0.15) is 30.9 Å². The Morgan fingerprint density at radius 2 is 2.06 bits per heavy atom. The van der Waals surface area contributed by atoms with Gasteiger partial charge < -0.3 is 24.4 Å². The minimum Gasteiger partial charge on any atom is -0.375 e. The Morgan fingerprint density at radius 1 is 1.22 bits per heavy atom. The third kappa shape index (κ3) is 5.98. The zero-order valence-electron chi connectivity index (χ0n) is 19.5. The van der Waals surface area contributed by atoms with E-state index in [9.17, 15) is 0 Å². The molecule has 2 aliphatic rings. The van der Waals surface area contributed by atoms with Gasteiger partial charge in [-0.3, -0.25) is 4.90 Å². The summed E-state index contributed by atoms with van der Waals surface area (Å²) in [5, 5.41) is 7.58. The second kappa shape index (κ2) is 10.8. The predicted octanol–water partition coefficient (Wildman–Crippen LogP) is 1.89. The molecule has 9 nitrogen and oxygen atoms in total. The second-order valence-corrected chi connectivity index (χ2v) is 8.51. The molecule has 2 fully saturated rings. The van der Waals surface area contributed by atoms with Crippen LogP contribution < -0.4 is 10.2 Å². The standard InChI is InChI=1S/C23H35N7O2/c1-4-24-23(29-9-7-28(8-10-29)17-21-13-18(2)32-27-21)26-15-20-5-6-25-22(14-20)30-11-12-31-19(3)16-30/h5-6,13-14,19H,4,7-12,15-17H2,1-3H3,(H,24,26). The number of guanidine groups is 1. The molecule has 0 amide bonds. The lowest BCUT2D eigenvalue weighted by atomic mass is 10.2. The van der Waals surface area contributed by atoms with Gasteiger partial charge in [-0.1, -0.05) is 5.16 Å². The highest BCUT2D eigenvalue weighted by atomic mass is 16.5. The van der Waals surface area contributed by atoms with Crippen molar-refractivity contribution < 1.29 is 9.26 Å². The summed E-state index contributed by atoms with van der Waals surface area (Å²) >= 11 is 0. The van der Waals surface area contributed by atoms with Crippen molar-refractivity contribution in [2.24, 2.45) is 4.99 Å². The molecule has 2 aromatic rings. The SMILES string of the molecule is CCNC(=NCc1ccnc(N2CCOC(C)C2)c1)N1CCN(Cc2cc(C)on2)CC1. The first kappa shape index (κ1) is 22.5. The molecule has 4 heterocycles. The highest BCUT2D eigenvalue weighted by Gasteiger charge is 2.21. The Kier molecular flexibility index (Phi) is 7.59. The van der Waals surface area contributed by atoms with Crippen molar-refractivity contribution in [3.05, 3.63) is 41.4 Å². The van der Waals surface area contributed by atoms with Crippen molar-refractivity contribution in [2.75, 3.05) is 57.3 Å². The number of piperazine rings is 1. The predicted molar refractivity (Wildman–Crippen MR) is 125 cm³/mol. The molecule has 2 aliphatic heterocycles. The Bertz CT molecular complexity index is 892. The van der Waals surface area contributed by atoms with Gasteiger partial charge in [0, 0.05) is 64.6 Å². The number of nitrogens with zero attached hydrogens (tertiary/aromatic N) is 6. The Morgan fingerprint density at radius 3 is 2.78 bits per heavy atom. The van der Waals surface area contributed by atoms with Gasteiger partial charge in [-0.05, 0) is 38.5 Å². The molecule has 174 valence electrons. The number of morpholine rings is 1. The molecular formula is C23H35N7O2. The number of aliphatic imine (C=N–C) groups is 1. The average Bonchev–Trinajstić information content (AvgIpc) is 3.22. The minimum atomic E-state index is 0.236. The summed E-state index contributed by atoms with van der Waals surface area (Å²) < 4.78 is 10.9. The van der Waals surface area contributed by atoms with Crippen LogP contribution in [-0.2, 0) is 17.8 Å². The average molecular weight is 442 g/mol. The van der Waals surface area contributed by atoms with Gasteiger partial charge in [0.05, 0.1) is 24.9 Å². The molecule has 0 aromatic carbocycles. The number of hydrogen-bond donors (Lipinski definition) is 1. The van der Waals surface area contributed by atoms with Crippen molar-refractivity contribution >= 4 is 11.8 Å². The first-order chi connectivity index (χ1) is 15.6. The van der Waals surface area contributed by atoms with Crippen molar-refractivity contribution in [3.8, 4) is 0 Å². The fraction of sp³-hybridized carbons (Fsp3) is 0.609. The first-order valence-electron chi connectivity index (χ1n) is 11.6. The zero-order chi connectivity index (χ0) is 22.3. The van der Waals surface area contributed by atoms with Crippen LogP contribution >= 0.6 is 0 Å². The smallest absolute Gasteiger partial charge is 0.194 e. The molecule has 0 radical (unpaired) electrons. The second-order valence-electron chi connectivity index (χ2n) is 8.51. The van der Waals surface area contributed by atoms with Crippen molar-refractivity contribution in [1.82, 2.24) is 25.3 Å². The summed E-state index contributed by atoms with van der Waals surface area (Å²) in [6.07, 6.45) is 2.12. The van der Waals surface area contributed by atoms with E-state index < -0.39 is 0 Å². The van der Waals surface area contributed by atoms with Crippen molar-refractivity contribution in [3.63, 3.8) is 0 Å². The number of anilines is 1. The number of ether oxygens (including phenoxy) is 1. The van der Waals surface area contributed by atoms with Gasteiger partial charge in [0.2, 0.25) is 0 Å². The molecular weight excluding hydrogens is 406 g/mol. The van der Waals surface area contributed by atoms with Gasteiger partial charge in [-0.25, -0.2) is 9.98 Å². The monoisotopic (exact) mass is 441 g/mol. The summed E-state index contributed by atoms with van der Waals surface area (Å²) in [5.74, 6) is 2.85. The first-order valence-corrected chi connectivity index (χ1v) is 11.6. The van der Waals surface area contributed by atoms with E-state index in [1.54, 1.807) is 0 Å². The van der Waals surface area contributed by atoms with Gasteiger partial charge in [0.25, 0.3) is 0 Å². The topological polar surface area (TPSA) is 82.3 Å². The number of nitrogens with one attached hydrogen (secondary N) is 1. The lowest BCUT2D eigenvalue weighted by Gasteiger charge is -2.36. The summed E-state index contributed by atoms with van der Waals surface area (Å²) in [6, 6.07) is 6.22. The van der Waals surface area contributed by atoms with Crippen LogP contribution in [0.3, 0.4) is 0 Å². The molecule has 0 aliphatic carbocycles. The zero-order valence-corrected chi connectivity index (χ0v) is 19.5. The summed E-state index contributed by atoms with van der Waals surface area (Å²) in [6.45, 7) is 14.8. The maximum Gasteiger partial charge on any atom is 0.194 e. The van der Waals surface area contributed by atoms with E-state index >= 15 is 0 Å². The van der Waals surface area contributed by atoms with Gasteiger partial charge in [0.1, 0.15) is 11.6 Å². The molecule has 32 heavy (non-hydrogen) atoms. The quantitative estimate of drug-likeness (QED) is 0.538. The van der Waals surface area contributed by atoms with Crippen molar-refractivity contribution in [2.45, 2.75) is 40.0 Å². The fourth-order valence-electron chi connectivity index (χ4n) is 4.19. The summed E-state index contributed by atoms with van der Waals surface area (Å²) in [5.41, 5.74) is 2.17. The van der Waals surface area contributed by atoms with Crippen LogP contribution in [0.15, 0.2) is 33.9 Å². The largest absolute Gasteiger partial charge is 0.375 e. The van der Waals surface area contributed by atoms with Crippen LogP contribution in [0, 0.1) is 6.92 Å². The van der Waals surface area contributed by atoms with Gasteiger partial charge in [-0.15, -0.1) is 0 Å². The van der Waals surface area contributed by atoms with E-state index in [2.05, 4.69) is 56.1 Å². The van der Waals surface area contributed by atoms with Gasteiger partial charge in [0.15, 0.2) is 5.96 Å². The summed E-state index contributed by atoms with van der Waals surface area (Å²) in [4.78, 5) is 16.6. The molecule has 0 saturated carbocycles. The number of hydrogen-bond acceptors (Lipinski definition) is 7. The molecule has 1 N–H and O–H groups in total. The van der Waals surface area contributed by atoms with E-state index in [0.717, 1.165) is 82.2 Å². The van der Waals surface area contributed by atoms with Gasteiger partial charge in [-0.2, -0.15) is 0 Å². The molecule has 1 unspecified atom stereocenters. The van der Waals surface area contributed by atoms with E-state index in [-0.39, 0.29) is 6.10 Å². The van der Waals surface area contributed by atoms with Crippen LogP contribution in [0.25, 0.3) is 0 Å². The van der Waals surface area contributed by atoms with E-state index in [4.69, 9.17) is 14.3 Å². The molecule has 2 saturated heterocycles. The lowest BCUT2D eigenvalue weighted by molar-refractivity contribution is 0.0529. The van der Waals surface area contributed by atoms with Crippen LogP contribution in [0.4, 0.5) is 5.82 Å². The molecule has 9 heteroatoms. The number of pyridine rings is 1. The van der Waals surface area contributed by atoms with Crippen LogP contribution in [0.5, 0.6) is 0 Å². The van der Waals surface area contributed by atoms with Crippen molar-refractivity contribution in [1.29, 1.82) is 0 Å². The van der Waals surface area contributed by atoms with Crippen LogP contribution in [-0.4, -0.2) is 84.4 Å². The van der Waals surface area contributed by atoms with E-state index in [1.165, 1.54) is 5.56 Å². The molecule has 2 aromatic heterocycles. The fourth-order valence-corrected chi connectivity index (χ4v) is 4.19. The number of aryl methyl sites for hydroxylation is 1. The lowest BCUT2D eigenvalue weighted by Crippen LogP contribution is -2.52. The maximum atomic E-state index is 5.66. The molecule has 1 atom stereocenters. The summed E-state index contributed by atoms with van der Waals surface area (Å²) in [7, 11) is 0. The third-order valence-electron chi connectivity index (χ3n) is 5.86. The molecule has 4 rings (SSSR count). The molecule has 0 bridgehead atoms. The number of rotatable bonds is 6. The Labute approximate surface area is 190 Å². The maximum absolute atomic E-state index is 5.66. The highest BCUT2D eigenvalue weighted by Crippen LogP contribution is 2.17. The Hall–Kier alpha value is -2.65. The van der Waals surface area contributed by atoms with E-state index in [1.807, 2.05) is 19.2 Å². The number of aromatic nitrogens is 2.